The molecule has 0 amide bonds. The number of para-hydroxylation sites is 1. The number of likely N-dealkylation sites (N-methyl/N-ethyl adjacent to an activating group) is 1. The fraction of sp³-hybridized carbons (Fsp3) is 0.571. The third kappa shape index (κ3) is 2.86. The minimum Gasteiger partial charge on any atom is -0.365 e. The third-order valence-corrected chi connectivity index (χ3v) is 4.15. The van der Waals surface area contributed by atoms with Crippen LogP contribution in [-0.4, -0.2) is 37.6 Å². The van der Waals surface area contributed by atoms with Gasteiger partial charge in [0.05, 0.1) is 5.69 Å². The average Bonchev–Trinajstić information content (AvgIpc) is 2.50. The van der Waals surface area contributed by atoms with E-state index in [-0.39, 0.29) is 5.82 Å². The van der Waals surface area contributed by atoms with E-state index < -0.39 is 0 Å². The quantitative estimate of drug-likeness (QED) is 0.773. The van der Waals surface area contributed by atoms with Crippen molar-refractivity contribution in [3.05, 3.63) is 29.6 Å². The van der Waals surface area contributed by atoms with Gasteiger partial charge in [0.15, 0.2) is 0 Å². The van der Waals surface area contributed by atoms with E-state index in [1.807, 2.05) is 6.07 Å². The summed E-state index contributed by atoms with van der Waals surface area (Å²) in [6.07, 6.45) is 1.08. The number of halogens is 2. The lowest BCUT2D eigenvalue weighted by atomic mass is 10.1. The average molecular weight is 315 g/mol. The maximum Gasteiger partial charge on any atom is 0.146 e. The molecule has 1 aromatic rings. The molecule has 2 nitrogen and oxygen atoms in total. The number of anilines is 1. The molecule has 0 spiro atoms. The Balaban J connectivity index is 2.34. The number of rotatable bonds is 2. The molecule has 1 aliphatic heterocycles. The highest BCUT2D eigenvalue weighted by atomic mass is 79.9. The first-order valence-electron chi connectivity index (χ1n) is 6.42. The van der Waals surface area contributed by atoms with Gasteiger partial charge in [-0.25, -0.2) is 4.39 Å². The highest BCUT2D eigenvalue weighted by Crippen LogP contribution is 2.29. The minimum absolute atomic E-state index is 0.108. The summed E-state index contributed by atoms with van der Waals surface area (Å²) in [4.78, 5) is 4.54. The van der Waals surface area contributed by atoms with Gasteiger partial charge in [-0.15, -0.1) is 0 Å². The van der Waals surface area contributed by atoms with E-state index in [1.54, 1.807) is 12.1 Å². The Morgan fingerprint density at radius 3 is 2.89 bits per heavy atom. The lowest BCUT2D eigenvalue weighted by Crippen LogP contribution is -2.38. The van der Waals surface area contributed by atoms with Gasteiger partial charge in [0.25, 0.3) is 0 Å². The summed E-state index contributed by atoms with van der Waals surface area (Å²) < 4.78 is 14.1. The van der Waals surface area contributed by atoms with E-state index >= 15 is 0 Å². The predicted molar refractivity (Wildman–Crippen MR) is 78.0 cm³/mol. The molecule has 0 bridgehead atoms. The monoisotopic (exact) mass is 314 g/mol. The van der Waals surface area contributed by atoms with Gasteiger partial charge < -0.3 is 9.80 Å². The van der Waals surface area contributed by atoms with Crippen LogP contribution in [0.25, 0.3) is 0 Å². The van der Waals surface area contributed by atoms with E-state index in [9.17, 15) is 4.39 Å². The molecular formula is C14H20BrFN2. The molecule has 1 aromatic carbocycles. The molecule has 1 heterocycles. The zero-order chi connectivity index (χ0) is 13.1. The SMILES string of the molecule is CC1CN(C)CCCN1c1c(F)cccc1CBr. The number of alkyl halides is 1. The lowest BCUT2D eigenvalue weighted by Gasteiger charge is -2.32. The molecule has 1 saturated heterocycles. The topological polar surface area (TPSA) is 6.48 Å². The molecule has 0 saturated carbocycles. The number of hydrogen-bond donors (Lipinski definition) is 0. The van der Waals surface area contributed by atoms with Crippen molar-refractivity contribution in [3.63, 3.8) is 0 Å². The zero-order valence-corrected chi connectivity index (χ0v) is 12.6. The van der Waals surface area contributed by atoms with Crippen molar-refractivity contribution in [1.29, 1.82) is 0 Å². The van der Waals surface area contributed by atoms with Crippen molar-refractivity contribution in [2.24, 2.45) is 0 Å². The first-order valence-corrected chi connectivity index (χ1v) is 7.54. The summed E-state index contributed by atoms with van der Waals surface area (Å²) in [5, 5.41) is 0.694. The van der Waals surface area contributed by atoms with E-state index in [4.69, 9.17) is 0 Å². The van der Waals surface area contributed by atoms with E-state index in [1.165, 1.54) is 0 Å². The van der Waals surface area contributed by atoms with Crippen LogP contribution in [0.2, 0.25) is 0 Å². The third-order valence-electron chi connectivity index (χ3n) is 3.55. The molecule has 1 unspecified atom stereocenters. The Hall–Kier alpha value is -0.610. The van der Waals surface area contributed by atoms with Gasteiger partial charge >= 0.3 is 0 Å². The normalized spacial score (nSPS) is 22.0. The van der Waals surface area contributed by atoms with Crippen molar-refractivity contribution >= 4 is 21.6 Å². The van der Waals surface area contributed by atoms with Gasteiger partial charge in [0.2, 0.25) is 0 Å². The van der Waals surface area contributed by atoms with Crippen LogP contribution >= 0.6 is 15.9 Å². The summed E-state index contributed by atoms with van der Waals surface area (Å²) >= 11 is 3.46. The van der Waals surface area contributed by atoms with Crippen molar-refractivity contribution in [2.45, 2.75) is 24.7 Å². The Morgan fingerprint density at radius 2 is 2.17 bits per heavy atom. The highest BCUT2D eigenvalue weighted by molar-refractivity contribution is 9.08. The van der Waals surface area contributed by atoms with Gasteiger partial charge in [-0.3, -0.25) is 0 Å². The molecule has 100 valence electrons. The Bertz CT molecular complexity index is 411. The molecular weight excluding hydrogens is 295 g/mol. The van der Waals surface area contributed by atoms with E-state index in [0.717, 1.165) is 37.3 Å². The van der Waals surface area contributed by atoms with Crippen LogP contribution in [0.1, 0.15) is 18.9 Å². The first-order chi connectivity index (χ1) is 8.63. The van der Waals surface area contributed by atoms with Crippen LogP contribution in [-0.2, 0) is 5.33 Å². The summed E-state index contributed by atoms with van der Waals surface area (Å²) in [6, 6.07) is 5.67. The molecule has 0 N–H and O–H groups in total. The largest absolute Gasteiger partial charge is 0.365 e. The van der Waals surface area contributed by atoms with Crippen molar-refractivity contribution in [3.8, 4) is 0 Å². The predicted octanol–water partition coefficient (Wildman–Crippen LogP) is 3.25. The fourth-order valence-electron chi connectivity index (χ4n) is 2.69. The Morgan fingerprint density at radius 1 is 1.39 bits per heavy atom. The molecule has 2 rings (SSSR count). The Kier molecular flexibility index (Phi) is 4.62. The van der Waals surface area contributed by atoms with Crippen LogP contribution < -0.4 is 4.90 Å². The van der Waals surface area contributed by atoms with Crippen LogP contribution in [0.3, 0.4) is 0 Å². The van der Waals surface area contributed by atoms with Gasteiger partial charge in [0, 0.05) is 24.5 Å². The highest BCUT2D eigenvalue weighted by Gasteiger charge is 2.23. The zero-order valence-electron chi connectivity index (χ0n) is 11.0. The van der Waals surface area contributed by atoms with Gasteiger partial charge in [-0.1, -0.05) is 28.1 Å². The second-order valence-corrected chi connectivity index (χ2v) is 5.60. The second kappa shape index (κ2) is 6.02. The van der Waals surface area contributed by atoms with Crippen LogP contribution in [0.4, 0.5) is 10.1 Å². The van der Waals surface area contributed by atoms with E-state index in [2.05, 4.69) is 39.7 Å². The van der Waals surface area contributed by atoms with E-state index in [0.29, 0.717) is 11.4 Å². The number of nitrogens with zero attached hydrogens (tertiary/aromatic N) is 2. The molecule has 1 atom stereocenters. The lowest BCUT2D eigenvalue weighted by molar-refractivity contribution is 0.337. The molecule has 4 heteroatoms. The smallest absolute Gasteiger partial charge is 0.146 e. The number of hydrogen-bond acceptors (Lipinski definition) is 2. The standard InChI is InChI=1S/C14H20BrFN2/c1-11-10-17(2)7-4-8-18(11)14-12(9-15)5-3-6-13(14)16/h3,5-6,11H,4,7-10H2,1-2H3. The Labute approximate surface area is 117 Å². The van der Waals surface area contributed by atoms with Crippen LogP contribution in [0.5, 0.6) is 0 Å². The van der Waals surface area contributed by atoms with Gasteiger partial charge in [-0.05, 0) is 38.6 Å². The summed E-state index contributed by atoms with van der Waals surface area (Å²) in [6.45, 7) is 5.16. The minimum atomic E-state index is -0.108. The van der Waals surface area contributed by atoms with Gasteiger partial charge in [-0.2, -0.15) is 0 Å². The van der Waals surface area contributed by atoms with Crippen molar-refractivity contribution in [1.82, 2.24) is 4.90 Å². The molecule has 0 radical (unpaired) electrons. The maximum absolute atomic E-state index is 14.1. The molecule has 1 aliphatic rings. The summed E-state index contributed by atoms with van der Waals surface area (Å²) in [7, 11) is 2.13. The molecule has 1 fully saturated rings. The molecule has 0 aromatic heterocycles. The molecule has 18 heavy (non-hydrogen) atoms. The number of benzene rings is 1. The summed E-state index contributed by atoms with van der Waals surface area (Å²) in [5.74, 6) is -0.108. The molecule has 0 aliphatic carbocycles. The van der Waals surface area contributed by atoms with Crippen molar-refractivity contribution < 1.29 is 4.39 Å². The first kappa shape index (κ1) is 13.8. The second-order valence-electron chi connectivity index (χ2n) is 5.04. The van der Waals surface area contributed by atoms with Crippen molar-refractivity contribution in [2.75, 3.05) is 31.6 Å². The van der Waals surface area contributed by atoms with Crippen LogP contribution in [0, 0.1) is 5.82 Å². The van der Waals surface area contributed by atoms with Gasteiger partial charge in [0.1, 0.15) is 5.82 Å². The maximum atomic E-state index is 14.1. The summed E-state index contributed by atoms with van der Waals surface area (Å²) in [5.41, 5.74) is 1.81. The fourth-order valence-corrected chi connectivity index (χ4v) is 3.15. The van der Waals surface area contributed by atoms with Crippen LogP contribution in [0.15, 0.2) is 18.2 Å².